The molecule has 3 rings (SSSR count). The Morgan fingerprint density at radius 1 is 1.43 bits per heavy atom. The first-order valence-corrected chi connectivity index (χ1v) is 6.77. The molecule has 2 aromatic rings. The molecule has 0 bridgehead atoms. The molecule has 1 aromatic heterocycles. The van der Waals surface area contributed by atoms with Gasteiger partial charge in [-0.05, 0) is 54.0 Å². The van der Waals surface area contributed by atoms with Crippen LogP contribution in [0.1, 0.15) is 24.8 Å². The fourth-order valence-electron chi connectivity index (χ4n) is 2.71. The van der Waals surface area contributed by atoms with Crippen LogP contribution in [-0.2, 0) is 11.3 Å². The van der Waals surface area contributed by atoms with E-state index in [0.29, 0.717) is 24.2 Å². The molecule has 7 heteroatoms. The molecule has 0 aliphatic heterocycles. The third kappa shape index (κ3) is 2.39. The summed E-state index contributed by atoms with van der Waals surface area (Å²) in [6.45, 7) is 1.99. The van der Waals surface area contributed by atoms with E-state index in [0.717, 1.165) is 12.0 Å². The van der Waals surface area contributed by atoms with Gasteiger partial charge in [0.2, 0.25) is 0 Å². The topological polar surface area (TPSA) is 80.9 Å². The molecule has 0 saturated heterocycles. The van der Waals surface area contributed by atoms with E-state index in [1.54, 1.807) is 13.0 Å². The van der Waals surface area contributed by atoms with Gasteiger partial charge in [0.1, 0.15) is 5.82 Å². The number of benzene rings is 1. The zero-order valence-corrected chi connectivity index (χ0v) is 11.6. The summed E-state index contributed by atoms with van der Waals surface area (Å²) < 4.78 is 15.0. The summed E-state index contributed by atoms with van der Waals surface area (Å²) in [4.78, 5) is 11.4. The monoisotopic (exact) mass is 290 g/mol. The van der Waals surface area contributed by atoms with Gasteiger partial charge in [-0.15, -0.1) is 5.10 Å². The summed E-state index contributed by atoms with van der Waals surface area (Å²) >= 11 is 0. The maximum atomic E-state index is 13.5. The lowest BCUT2D eigenvalue weighted by atomic mass is 9.69. The quantitative estimate of drug-likeness (QED) is 0.932. The second-order valence-corrected chi connectivity index (χ2v) is 5.62. The van der Waals surface area contributed by atoms with Crippen LogP contribution in [0.3, 0.4) is 0 Å². The van der Waals surface area contributed by atoms with Crippen molar-refractivity contribution in [2.24, 2.45) is 5.41 Å². The molecule has 0 amide bonds. The number of aliphatic carboxylic acids is 1. The average molecular weight is 290 g/mol. The third-order valence-corrected chi connectivity index (χ3v) is 4.05. The van der Waals surface area contributed by atoms with Gasteiger partial charge in [-0.2, -0.15) is 0 Å². The van der Waals surface area contributed by atoms with Gasteiger partial charge in [-0.3, -0.25) is 4.79 Å². The predicted molar refractivity (Wildman–Crippen MR) is 71.9 cm³/mol. The summed E-state index contributed by atoms with van der Waals surface area (Å²) in [6, 6.07) is 4.55. The van der Waals surface area contributed by atoms with Crippen molar-refractivity contribution in [3.63, 3.8) is 0 Å². The van der Waals surface area contributed by atoms with Gasteiger partial charge in [0.05, 0.1) is 12.0 Å². The summed E-state index contributed by atoms with van der Waals surface area (Å²) in [5, 5.41) is 20.8. The Morgan fingerprint density at radius 2 is 2.19 bits per heavy atom. The summed E-state index contributed by atoms with van der Waals surface area (Å²) in [7, 11) is 0. The van der Waals surface area contributed by atoms with Crippen molar-refractivity contribution in [3.05, 3.63) is 29.6 Å². The Labute approximate surface area is 120 Å². The van der Waals surface area contributed by atoms with Crippen molar-refractivity contribution in [1.82, 2.24) is 20.2 Å². The molecule has 1 fully saturated rings. The smallest absolute Gasteiger partial charge is 0.311 e. The Kier molecular flexibility index (Phi) is 3.19. The van der Waals surface area contributed by atoms with Crippen LogP contribution in [0.15, 0.2) is 18.2 Å². The van der Waals surface area contributed by atoms with Gasteiger partial charge in [-0.25, -0.2) is 9.07 Å². The van der Waals surface area contributed by atoms with Gasteiger partial charge >= 0.3 is 5.97 Å². The molecule has 0 atom stereocenters. The van der Waals surface area contributed by atoms with Crippen LogP contribution >= 0.6 is 0 Å². The van der Waals surface area contributed by atoms with Crippen molar-refractivity contribution < 1.29 is 14.3 Å². The van der Waals surface area contributed by atoms with E-state index in [1.165, 1.54) is 16.8 Å². The van der Waals surface area contributed by atoms with Crippen molar-refractivity contribution in [2.75, 3.05) is 0 Å². The molecule has 1 N–H and O–H groups in total. The van der Waals surface area contributed by atoms with Gasteiger partial charge in [0, 0.05) is 5.56 Å². The molecule has 0 spiro atoms. The molecule has 1 aliphatic rings. The van der Waals surface area contributed by atoms with E-state index in [1.807, 2.05) is 0 Å². The zero-order valence-electron chi connectivity index (χ0n) is 11.6. The number of tetrazole rings is 1. The van der Waals surface area contributed by atoms with Gasteiger partial charge in [-0.1, -0.05) is 6.42 Å². The third-order valence-electron chi connectivity index (χ3n) is 4.05. The first-order chi connectivity index (χ1) is 10.00. The predicted octanol–water partition coefficient (Wildman–Crippen LogP) is 2.04. The van der Waals surface area contributed by atoms with E-state index in [-0.39, 0.29) is 12.4 Å². The number of nitrogens with zero attached hydrogens (tertiary/aromatic N) is 4. The molecule has 1 aromatic carbocycles. The van der Waals surface area contributed by atoms with Crippen LogP contribution in [0.4, 0.5) is 4.39 Å². The maximum Gasteiger partial charge on any atom is 0.311 e. The van der Waals surface area contributed by atoms with Crippen LogP contribution in [0.2, 0.25) is 0 Å². The first kappa shape index (κ1) is 13.7. The molecule has 1 saturated carbocycles. The van der Waals surface area contributed by atoms with Crippen LogP contribution in [0, 0.1) is 18.2 Å². The highest BCUT2D eigenvalue weighted by atomic mass is 19.1. The first-order valence-electron chi connectivity index (χ1n) is 6.77. The Balaban J connectivity index is 1.96. The minimum atomic E-state index is -0.828. The number of hydrogen-bond acceptors (Lipinski definition) is 4. The summed E-state index contributed by atoms with van der Waals surface area (Å²) in [5.41, 5.74) is 0.514. The SMILES string of the molecule is Cc1cc(F)cc(-c2nnnn2CC2(C(=O)O)CCC2)c1. The number of hydrogen-bond donors (Lipinski definition) is 1. The number of aromatic nitrogens is 4. The van der Waals surface area contributed by atoms with E-state index in [2.05, 4.69) is 15.5 Å². The lowest BCUT2D eigenvalue weighted by Crippen LogP contribution is -2.42. The highest BCUT2D eigenvalue weighted by Crippen LogP contribution is 2.43. The van der Waals surface area contributed by atoms with Crippen LogP contribution in [0.25, 0.3) is 11.4 Å². The molecule has 0 unspecified atom stereocenters. The van der Waals surface area contributed by atoms with Gasteiger partial charge in [0.25, 0.3) is 0 Å². The number of carbonyl (C=O) groups is 1. The molecule has 110 valence electrons. The van der Waals surface area contributed by atoms with Crippen molar-refractivity contribution in [1.29, 1.82) is 0 Å². The number of rotatable bonds is 4. The molecule has 0 radical (unpaired) electrons. The number of carboxylic acids is 1. The van der Waals surface area contributed by atoms with Crippen molar-refractivity contribution in [2.45, 2.75) is 32.7 Å². The highest BCUT2D eigenvalue weighted by molar-refractivity contribution is 5.75. The maximum absolute atomic E-state index is 13.5. The average Bonchev–Trinajstić information content (AvgIpc) is 2.80. The van der Waals surface area contributed by atoms with Crippen LogP contribution in [-0.4, -0.2) is 31.3 Å². The Bertz CT molecular complexity index is 674. The normalized spacial score (nSPS) is 16.5. The minimum absolute atomic E-state index is 0.209. The zero-order chi connectivity index (χ0) is 15.0. The number of halogens is 1. The second kappa shape index (κ2) is 4.91. The molecular formula is C14H15FN4O2. The van der Waals surface area contributed by atoms with E-state index in [4.69, 9.17) is 0 Å². The van der Waals surface area contributed by atoms with Gasteiger partial charge < -0.3 is 5.11 Å². The molecular weight excluding hydrogens is 275 g/mol. The fourth-order valence-corrected chi connectivity index (χ4v) is 2.71. The highest BCUT2D eigenvalue weighted by Gasteiger charge is 2.45. The molecule has 6 nitrogen and oxygen atoms in total. The van der Waals surface area contributed by atoms with Gasteiger partial charge in [0.15, 0.2) is 5.82 Å². The molecule has 21 heavy (non-hydrogen) atoms. The Morgan fingerprint density at radius 3 is 2.76 bits per heavy atom. The standard InChI is InChI=1S/C14H15FN4O2/c1-9-5-10(7-11(15)6-9)12-16-17-18-19(12)8-14(13(20)21)3-2-4-14/h5-7H,2-4,8H2,1H3,(H,20,21). The lowest BCUT2D eigenvalue weighted by Gasteiger charge is -2.37. The molecule has 1 aliphatic carbocycles. The largest absolute Gasteiger partial charge is 0.481 e. The lowest BCUT2D eigenvalue weighted by molar-refractivity contribution is -0.156. The summed E-state index contributed by atoms with van der Waals surface area (Å²) in [5.74, 6) is -0.799. The van der Waals surface area contributed by atoms with Crippen molar-refractivity contribution >= 4 is 5.97 Å². The molecule has 1 heterocycles. The summed E-state index contributed by atoms with van der Waals surface area (Å²) in [6.07, 6.45) is 2.12. The van der Waals surface area contributed by atoms with Crippen LogP contribution in [0.5, 0.6) is 0 Å². The Hall–Kier alpha value is -2.31. The number of carboxylic acid groups (broad SMARTS) is 1. The van der Waals surface area contributed by atoms with E-state index >= 15 is 0 Å². The minimum Gasteiger partial charge on any atom is -0.481 e. The van der Waals surface area contributed by atoms with E-state index < -0.39 is 11.4 Å². The van der Waals surface area contributed by atoms with E-state index in [9.17, 15) is 14.3 Å². The van der Waals surface area contributed by atoms with Crippen LogP contribution < -0.4 is 0 Å². The second-order valence-electron chi connectivity index (χ2n) is 5.62. The number of aryl methyl sites for hydroxylation is 1. The van der Waals surface area contributed by atoms with Crippen molar-refractivity contribution in [3.8, 4) is 11.4 Å². The fraction of sp³-hybridized carbons (Fsp3) is 0.429.